The van der Waals surface area contributed by atoms with E-state index in [2.05, 4.69) is 5.32 Å². The molecule has 0 radical (unpaired) electrons. The van der Waals surface area contributed by atoms with Gasteiger partial charge in [-0.15, -0.1) is 0 Å². The van der Waals surface area contributed by atoms with Gasteiger partial charge in [0.15, 0.2) is 0 Å². The molecule has 0 atom stereocenters. The Bertz CT molecular complexity index is 456. The van der Waals surface area contributed by atoms with Gasteiger partial charge in [0.1, 0.15) is 5.75 Å². The van der Waals surface area contributed by atoms with Gasteiger partial charge in [-0.2, -0.15) is 0 Å². The Morgan fingerprint density at radius 1 is 1.32 bits per heavy atom. The maximum Gasteiger partial charge on any atom is 0.251 e. The summed E-state index contributed by atoms with van der Waals surface area (Å²) in [6, 6.07) is 4.59. The van der Waals surface area contributed by atoms with E-state index in [1.54, 1.807) is 6.07 Å². The minimum absolute atomic E-state index is 0.0262. The molecule has 4 nitrogen and oxygen atoms in total. The van der Waals surface area contributed by atoms with Crippen molar-refractivity contribution in [1.82, 2.24) is 5.32 Å². The molecule has 0 aromatic heterocycles. The number of halogens is 1. The molecule has 1 amide bonds. The number of aliphatic hydroxyl groups excluding tert-OH is 1. The van der Waals surface area contributed by atoms with Crippen LogP contribution in [0.15, 0.2) is 18.2 Å². The van der Waals surface area contributed by atoms with E-state index in [9.17, 15) is 9.90 Å². The third-order valence-electron chi connectivity index (χ3n) is 3.65. The number of nitrogens with one attached hydrogen (secondary N) is 1. The van der Waals surface area contributed by atoms with Gasteiger partial charge in [-0.1, -0.05) is 11.6 Å². The fourth-order valence-corrected chi connectivity index (χ4v) is 2.59. The molecular weight excluding hydrogens is 266 g/mol. The van der Waals surface area contributed by atoms with E-state index in [0.29, 0.717) is 11.5 Å². The van der Waals surface area contributed by atoms with Gasteiger partial charge in [0.05, 0.1) is 5.02 Å². The first-order chi connectivity index (χ1) is 9.10. The van der Waals surface area contributed by atoms with Crippen molar-refractivity contribution >= 4 is 17.5 Å². The first-order valence-electron chi connectivity index (χ1n) is 6.50. The SMILES string of the molecule is O=C(NC1CCC(CO)CC1)c1ccc(O)c(Cl)c1. The van der Waals surface area contributed by atoms with E-state index < -0.39 is 0 Å². The third-order valence-corrected chi connectivity index (χ3v) is 3.95. The van der Waals surface area contributed by atoms with Crippen LogP contribution in [0.5, 0.6) is 5.75 Å². The lowest BCUT2D eigenvalue weighted by atomic mass is 9.86. The number of aromatic hydroxyl groups is 1. The Kier molecular flexibility index (Phi) is 4.66. The molecule has 1 aliphatic rings. The van der Waals surface area contributed by atoms with Gasteiger partial charge >= 0.3 is 0 Å². The molecule has 19 heavy (non-hydrogen) atoms. The van der Waals surface area contributed by atoms with Crippen LogP contribution in [0.25, 0.3) is 0 Å². The molecule has 104 valence electrons. The summed E-state index contributed by atoms with van der Waals surface area (Å²) >= 11 is 5.78. The van der Waals surface area contributed by atoms with E-state index in [1.807, 2.05) is 0 Å². The molecule has 0 bridgehead atoms. The van der Waals surface area contributed by atoms with Gasteiger partial charge in [-0.05, 0) is 49.8 Å². The number of carbonyl (C=O) groups excluding carboxylic acids is 1. The fraction of sp³-hybridized carbons (Fsp3) is 0.500. The number of amides is 1. The Balaban J connectivity index is 1.92. The molecule has 5 heteroatoms. The molecule has 3 N–H and O–H groups in total. The van der Waals surface area contributed by atoms with E-state index in [-0.39, 0.29) is 29.3 Å². The molecular formula is C14H18ClNO3. The predicted molar refractivity (Wildman–Crippen MR) is 73.4 cm³/mol. The molecule has 1 aliphatic carbocycles. The molecule has 0 unspecified atom stereocenters. The van der Waals surface area contributed by atoms with Crippen molar-refractivity contribution in [1.29, 1.82) is 0 Å². The Labute approximate surface area is 117 Å². The summed E-state index contributed by atoms with van der Waals surface area (Å²) in [7, 11) is 0. The van der Waals surface area contributed by atoms with E-state index in [4.69, 9.17) is 16.7 Å². The molecule has 2 rings (SSSR count). The van der Waals surface area contributed by atoms with Crippen molar-refractivity contribution in [3.05, 3.63) is 28.8 Å². The largest absolute Gasteiger partial charge is 0.506 e. The summed E-state index contributed by atoms with van der Waals surface area (Å²) in [5, 5.41) is 21.5. The van der Waals surface area contributed by atoms with Crippen LogP contribution in [0.1, 0.15) is 36.0 Å². The minimum Gasteiger partial charge on any atom is -0.506 e. The standard InChI is InChI=1S/C14H18ClNO3/c15-12-7-10(3-6-13(12)18)14(19)16-11-4-1-9(8-17)2-5-11/h3,6-7,9,11,17-18H,1-2,4-5,8H2,(H,16,19). The van der Waals surface area contributed by atoms with Gasteiger partial charge in [-0.3, -0.25) is 4.79 Å². The van der Waals surface area contributed by atoms with Crippen LogP contribution in [0.3, 0.4) is 0 Å². The fourth-order valence-electron chi connectivity index (χ4n) is 2.41. The molecule has 1 aromatic rings. The highest BCUT2D eigenvalue weighted by atomic mass is 35.5. The Morgan fingerprint density at radius 3 is 2.58 bits per heavy atom. The molecule has 1 saturated carbocycles. The number of hydrogen-bond acceptors (Lipinski definition) is 3. The lowest BCUT2D eigenvalue weighted by Gasteiger charge is -2.28. The van der Waals surface area contributed by atoms with Crippen LogP contribution in [0.4, 0.5) is 0 Å². The smallest absolute Gasteiger partial charge is 0.251 e. The van der Waals surface area contributed by atoms with Gasteiger partial charge in [0.25, 0.3) is 5.91 Å². The number of phenolic OH excluding ortho intramolecular Hbond substituents is 1. The minimum atomic E-state index is -0.172. The number of rotatable bonds is 3. The Hall–Kier alpha value is -1.26. The molecule has 0 saturated heterocycles. The van der Waals surface area contributed by atoms with Gasteiger partial charge in [0.2, 0.25) is 0 Å². The maximum absolute atomic E-state index is 12.0. The lowest BCUT2D eigenvalue weighted by molar-refractivity contribution is 0.0914. The quantitative estimate of drug-likeness (QED) is 0.797. The number of phenols is 1. The zero-order valence-corrected chi connectivity index (χ0v) is 11.4. The maximum atomic E-state index is 12.0. The molecule has 0 aliphatic heterocycles. The monoisotopic (exact) mass is 283 g/mol. The number of benzene rings is 1. The van der Waals surface area contributed by atoms with E-state index in [0.717, 1.165) is 25.7 Å². The topological polar surface area (TPSA) is 69.6 Å². The van der Waals surface area contributed by atoms with Gasteiger partial charge in [-0.25, -0.2) is 0 Å². The summed E-state index contributed by atoms with van der Waals surface area (Å²) in [5.41, 5.74) is 0.451. The average molecular weight is 284 g/mol. The van der Waals surface area contributed by atoms with Crippen molar-refractivity contribution in [2.24, 2.45) is 5.92 Å². The Morgan fingerprint density at radius 2 is 2.00 bits per heavy atom. The first-order valence-corrected chi connectivity index (χ1v) is 6.88. The van der Waals surface area contributed by atoms with Gasteiger partial charge in [0, 0.05) is 18.2 Å². The summed E-state index contributed by atoms with van der Waals surface area (Å²) in [6.07, 6.45) is 3.67. The second-order valence-electron chi connectivity index (χ2n) is 5.04. The number of carbonyl (C=O) groups is 1. The number of aliphatic hydroxyl groups is 1. The summed E-state index contributed by atoms with van der Waals surface area (Å²) < 4.78 is 0. The zero-order valence-electron chi connectivity index (χ0n) is 10.6. The van der Waals surface area contributed by atoms with Crippen LogP contribution >= 0.6 is 11.6 Å². The van der Waals surface area contributed by atoms with Crippen molar-refractivity contribution in [2.45, 2.75) is 31.7 Å². The van der Waals surface area contributed by atoms with Crippen molar-refractivity contribution < 1.29 is 15.0 Å². The molecule has 0 heterocycles. The average Bonchev–Trinajstić information content (AvgIpc) is 2.42. The van der Waals surface area contributed by atoms with Crippen LogP contribution < -0.4 is 5.32 Å². The summed E-state index contributed by atoms with van der Waals surface area (Å²) in [5.74, 6) is 0.173. The van der Waals surface area contributed by atoms with Crippen molar-refractivity contribution in [2.75, 3.05) is 6.61 Å². The molecule has 1 aromatic carbocycles. The number of hydrogen-bond donors (Lipinski definition) is 3. The molecule has 0 spiro atoms. The van der Waals surface area contributed by atoms with Gasteiger partial charge < -0.3 is 15.5 Å². The highest BCUT2D eigenvalue weighted by Gasteiger charge is 2.22. The summed E-state index contributed by atoms with van der Waals surface area (Å²) in [4.78, 5) is 12.0. The van der Waals surface area contributed by atoms with E-state index >= 15 is 0 Å². The highest BCUT2D eigenvalue weighted by molar-refractivity contribution is 6.32. The van der Waals surface area contributed by atoms with E-state index in [1.165, 1.54) is 12.1 Å². The third kappa shape index (κ3) is 3.61. The lowest BCUT2D eigenvalue weighted by Crippen LogP contribution is -2.38. The van der Waals surface area contributed by atoms with Crippen LogP contribution in [0, 0.1) is 5.92 Å². The second kappa shape index (κ2) is 6.26. The van der Waals surface area contributed by atoms with Crippen LogP contribution in [-0.4, -0.2) is 28.8 Å². The van der Waals surface area contributed by atoms with Crippen molar-refractivity contribution in [3.8, 4) is 5.75 Å². The summed E-state index contributed by atoms with van der Waals surface area (Å²) in [6.45, 7) is 0.230. The van der Waals surface area contributed by atoms with Crippen molar-refractivity contribution in [3.63, 3.8) is 0 Å². The second-order valence-corrected chi connectivity index (χ2v) is 5.45. The first kappa shape index (κ1) is 14.2. The molecule has 1 fully saturated rings. The highest BCUT2D eigenvalue weighted by Crippen LogP contribution is 2.25. The van der Waals surface area contributed by atoms with Crippen LogP contribution in [0.2, 0.25) is 5.02 Å². The normalized spacial score (nSPS) is 23.1. The predicted octanol–water partition coefficient (Wildman–Crippen LogP) is 2.33. The zero-order chi connectivity index (χ0) is 13.8. The van der Waals surface area contributed by atoms with Crippen LogP contribution in [-0.2, 0) is 0 Å².